The van der Waals surface area contributed by atoms with E-state index in [2.05, 4.69) is 38.8 Å². The lowest BCUT2D eigenvalue weighted by Crippen LogP contribution is -2.55. The topological polar surface area (TPSA) is 46.6 Å². The second-order valence-corrected chi connectivity index (χ2v) is 10.6. The third kappa shape index (κ3) is 3.67. The van der Waals surface area contributed by atoms with E-state index in [-0.39, 0.29) is 35.2 Å². The predicted octanol–water partition coefficient (Wildman–Crippen LogP) is 5.18. The van der Waals surface area contributed by atoms with Crippen LogP contribution < -0.4 is 0 Å². The van der Waals surface area contributed by atoms with E-state index >= 15 is 0 Å². The maximum Gasteiger partial charge on any atom is 0.416 e. The molecule has 1 saturated heterocycles. The molecule has 0 bridgehead atoms. The van der Waals surface area contributed by atoms with Crippen LogP contribution in [0.5, 0.6) is 0 Å². The largest absolute Gasteiger partial charge is 0.447 e. The van der Waals surface area contributed by atoms with Gasteiger partial charge in [0.25, 0.3) is 0 Å². The Labute approximate surface area is 183 Å². The number of amides is 2. The molecule has 2 saturated carbocycles. The van der Waals surface area contributed by atoms with Gasteiger partial charge in [0, 0.05) is 15.6 Å². The smallest absolute Gasteiger partial charge is 0.416 e. The van der Waals surface area contributed by atoms with Crippen LogP contribution in [0.25, 0.3) is 0 Å². The molecule has 3 fully saturated rings. The van der Waals surface area contributed by atoms with E-state index in [1.807, 2.05) is 30.3 Å². The van der Waals surface area contributed by atoms with Crippen LogP contribution in [0.3, 0.4) is 0 Å². The van der Waals surface area contributed by atoms with Gasteiger partial charge >= 0.3 is 6.09 Å². The lowest BCUT2D eigenvalue weighted by atomic mass is 9.61. The summed E-state index contributed by atoms with van der Waals surface area (Å²) in [4.78, 5) is 28.3. The van der Waals surface area contributed by atoms with Crippen molar-refractivity contribution in [3.63, 3.8) is 0 Å². The number of benzene rings is 1. The predicted molar refractivity (Wildman–Crippen MR) is 116 cm³/mol. The maximum absolute atomic E-state index is 13.7. The number of cyclic esters (lactones) is 1. The fourth-order valence-corrected chi connectivity index (χ4v) is 7.34. The molecule has 1 aromatic rings. The van der Waals surface area contributed by atoms with Gasteiger partial charge in [-0.05, 0) is 42.6 Å². The summed E-state index contributed by atoms with van der Waals surface area (Å²) in [5.74, 6) is 0.820. The number of rotatable bonds is 3. The molecule has 28 heavy (non-hydrogen) atoms. The Bertz CT molecular complexity index is 728. The summed E-state index contributed by atoms with van der Waals surface area (Å²) in [6.45, 7) is 2.43. The lowest BCUT2D eigenvalue weighted by Gasteiger charge is -2.49. The molecule has 0 N–H and O–H groups in total. The Morgan fingerprint density at radius 2 is 1.79 bits per heavy atom. The molecule has 2 aliphatic carbocycles. The highest BCUT2D eigenvalue weighted by atomic mass is 79.9. The molecule has 152 valence electrons. The van der Waals surface area contributed by atoms with Crippen LogP contribution in [0.2, 0.25) is 0 Å². The second-order valence-electron chi connectivity index (χ2n) is 8.51. The van der Waals surface area contributed by atoms with E-state index in [1.54, 1.807) is 0 Å². The minimum atomic E-state index is -0.474. The van der Waals surface area contributed by atoms with Crippen molar-refractivity contribution in [3.05, 3.63) is 35.9 Å². The van der Waals surface area contributed by atoms with Crippen LogP contribution in [0, 0.1) is 23.7 Å². The summed E-state index contributed by atoms with van der Waals surface area (Å²) >= 11 is 7.75. The van der Waals surface area contributed by atoms with Crippen molar-refractivity contribution in [2.24, 2.45) is 23.7 Å². The number of ether oxygens (including phenoxy) is 1. The van der Waals surface area contributed by atoms with Crippen LogP contribution in [0.4, 0.5) is 4.79 Å². The number of hydrogen-bond acceptors (Lipinski definition) is 3. The molecular weight excluding hydrogens is 486 g/mol. The first-order chi connectivity index (χ1) is 13.5. The van der Waals surface area contributed by atoms with Gasteiger partial charge in [-0.15, -0.1) is 0 Å². The fourth-order valence-electron chi connectivity index (χ4n) is 5.48. The standard InChI is InChI=1S/C22H27Br2NO3/c1-13-18(16-9-5-6-10-17(16)20(24)19(13)23)21(26)25-15(12-28-22(25)27)11-14-7-3-2-4-8-14/h2-4,7-8,13,15-20H,5-6,9-12H2,1H3/t13-,15+,16+,17+,18+,19+,20+/m0/s1. The summed E-state index contributed by atoms with van der Waals surface area (Å²) in [7, 11) is 0. The van der Waals surface area contributed by atoms with Crippen LogP contribution in [0.1, 0.15) is 38.2 Å². The van der Waals surface area contributed by atoms with Crippen molar-refractivity contribution in [3.8, 4) is 0 Å². The molecule has 0 spiro atoms. The Hall–Kier alpha value is -0.880. The summed E-state index contributed by atoms with van der Waals surface area (Å²) in [5, 5.41) is 0. The van der Waals surface area contributed by atoms with Gasteiger partial charge in [0.15, 0.2) is 0 Å². The average molecular weight is 513 g/mol. The Morgan fingerprint density at radius 3 is 2.50 bits per heavy atom. The number of carbonyl (C=O) groups is 2. The zero-order valence-electron chi connectivity index (χ0n) is 16.1. The van der Waals surface area contributed by atoms with Crippen LogP contribution >= 0.6 is 31.9 Å². The molecule has 1 heterocycles. The quantitative estimate of drug-likeness (QED) is 0.524. The highest BCUT2D eigenvalue weighted by molar-refractivity contribution is 9.12. The van der Waals surface area contributed by atoms with Crippen molar-refractivity contribution in [2.45, 2.75) is 54.7 Å². The number of nitrogens with zero attached hydrogens (tertiary/aromatic N) is 1. The zero-order valence-corrected chi connectivity index (χ0v) is 19.3. The molecule has 1 aromatic carbocycles. The maximum atomic E-state index is 13.7. The van der Waals surface area contributed by atoms with Crippen molar-refractivity contribution in [1.82, 2.24) is 4.90 Å². The number of imide groups is 1. The van der Waals surface area contributed by atoms with Crippen molar-refractivity contribution in [1.29, 1.82) is 0 Å². The molecule has 6 heteroatoms. The Kier molecular flexibility index (Phi) is 6.17. The molecular formula is C22H27Br2NO3. The molecule has 1 aliphatic heterocycles. The van der Waals surface area contributed by atoms with Crippen molar-refractivity contribution >= 4 is 43.9 Å². The molecule has 2 amide bonds. The number of alkyl halides is 2. The van der Waals surface area contributed by atoms with Gasteiger partial charge in [-0.3, -0.25) is 4.79 Å². The highest BCUT2D eigenvalue weighted by Crippen LogP contribution is 2.51. The molecule has 4 nitrogen and oxygen atoms in total. The third-order valence-electron chi connectivity index (χ3n) is 6.92. The van der Waals surface area contributed by atoms with Crippen molar-refractivity contribution < 1.29 is 14.3 Å². The summed E-state index contributed by atoms with van der Waals surface area (Å²) in [5.41, 5.74) is 1.12. The van der Waals surface area contributed by atoms with Gasteiger partial charge in [0.1, 0.15) is 6.61 Å². The second kappa shape index (κ2) is 8.47. The molecule has 0 unspecified atom stereocenters. The van der Waals surface area contributed by atoms with Gasteiger partial charge < -0.3 is 4.74 Å². The van der Waals surface area contributed by atoms with E-state index in [4.69, 9.17) is 4.74 Å². The van der Waals surface area contributed by atoms with Crippen LogP contribution in [0.15, 0.2) is 30.3 Å². The third-order valence-corrected chi connectivity index (χ3v) is 10.3. The van der Waals surface area contributed by atoms with Crippen molar-refractivity contribution in [2.75, 3.05) is 6.61 Å². The number of halogens is 2. The van der Waals surface area contributed by atoms with E-state index in [1.165, 1.54) is 17.7 Å². The van der Waals surface area contributed by atoms with Crippen LogP contribution in [-0.4, -0.2) is 39.2 Å². The van der Waals surface area contributed by atoms with Gasteiger partial charge in [0.2, 0.25) is 5.91 Å². The SMILES string of the molecule is C[C@@H]1[C@@H](Br)[C@H](Br)[C@@H]2CCCC[C@H]2[C@@H]1C(=O)N1C(=O)OC[C@H]1Cc1ccccc1. The van der Waals surface area contributed by atoms with Gasteiger partial charge in [-0.1, -0.05) is 82.0 Å². The summed E-state index contributed by atoms with van der Waals surface area (Å²) in [6, 6.07) is 9.81. The number of fused-ring (bicyclic) bond motifs is 1. The molecule has 4 rings (SSSR count). The first-order valence-electron chi connectivity index (χ1n) is 10.3. The van der Waals surface area contributed by atoms with E-state index in [9.17, 15) is 9.59 Å². The molecule has 7 atom stereocenters. The molecule has 3 aliphatic rings. The Balaban J connectivity index is 1.59. The lowest BCUT2D eigenvalue weighted by molar-refractivity contribution is -0.140. The monoisotopic (exact) mass is 511 g/mol. The van der Waals surface area contributed by atoms with E-state index in [0.717, 1.165) is 18.4 Å². The first-order valence-corrected chi connectivity index (χ1v) is 12.1. The fraction of sp³-hybridized carbons (Fsp3) is 0.636. The minimum absolute atomic E-state index is 0.0309. The van der Waals surface area contributed by atoms with Gasteiger partial charge in [0.05, 0.1) is 6.04 Å². The zero-order chi connectivity index (χ0) is 19.8. The minimum Gasteiger partial charge on any atom is -0.447 e. The Morgan fingerprint density at radius 1 is 1.11 bits per heavy atom. The molecule has 0 radical (unpaired) electrons. The number of hydrogen-bond donors (Lipinski definition) is 0. The normalized spacial score (nSPS) is 38.0. The van der Waals surface area contributed by atoms with Crippen LogP contribution in [-0.2, 0) is 16.0 Å². The average Bonchev–Trinajstić information content (AvgIpc) is 3.07. The summed E-state index contributed by atoms with van der Waals surface area (Å²) in [6.07, 6.45) is 4.78. The number of carbonyl (C=O) groups excluding carboxylic acids is 2. The highest BCUT2D eigenvalue weighted by Gasteiger charge is 2.53. The van der Waals surface area contributed by atoms with E-state index < -0.39 is 6.09 Å². The molecule has 0 aromatic heterocycles. The summed E-state index contributed by atoms with van der Waals surface area (Å²) < 4.78 is 5.33. The van der Waals surface area contributed by atoms with Gasteiger partial charge in [-0.2, -0.15) is 0 Å². The first kappa shape index (κ1) is 20.4. The van der Waals surface area contributed by atoms with Gasteiger partial charge in [-0.25, -0.2) is 9.69 Å². The van der Waals surface area contributed by atoms with E-state index in [0.29, 0.717) is 23.1 Å².